The van der Waals surface area contributed by atoms with Crippen LogP contribution < -0.4 is 0 Å². The predicted octanol–water partition coefficient (Wildman–Crippen LogP) is 3.29. The van der Waals surface area contributed by atoms with E-state index in [2.05, 4.69) is 9.84 Å². The van der Waals surface area contributed by atoms with E-state index in [9.17, 15) is 4.79 Å². The van der Waals surface area contributed by atoms with Gasteiger partial charge in [-0.15, -0.1) is 0 Å². The SMILES string of the molecule is [C-]#[N+]C(C=NC(C)C)C(=O)c1ccc(Cl)cc1. The maximum atomic E-state index is 12.0. The molecule has 0 radical (unpaired) electrons. The van der Waals surface area contributed by atoms with Crippen LogP contribution in [-0.4, -0.2) is 24.1 Å². The van der Waals surface area contributed by atoms with E-state index in [-0.39, 0.29) is 11.8 Å². The maximum absolute atomic E-state index is 12.0. The third-order valence-corrected chi connectivity index (χ3v) is 2.31. The molecule has 17 heavy (non-hydrogen) atoms. The standard InChI is InChI=1S/C13H13ClN2O/c1-9(2)16-8-12(15-3)13(17)10-4-6-11(14)7-5-10/h4-9,12H,1-2H3. The Labute approximate surface area is 106 Å². The molecule has 3 nitrogen and oxygen atoms in total. The van der Waals surface area contributed by atoms with Crippen molar-refractivity contribution in [2.24, 2.45) is 4.99 Å². The first kappa shape index (κ1) is 13.4. The van der Waals surface area contributed by atoms with E-state index >= 15 is 0 Å². The van der Waals surface area contributed by atoms with Gasteiger partial charge in [0.2, 0.25) is 5.78 Å². The summed E-state index contributed by atoms with van der Waals surface area (Å²) in [5.74, 6) is -0.249. The number of carbonyl (C=O) groups is 1. The van der Waals surface area contributed by atoms with Crippen molar-refractivity contribution < 1.29 is 4.79 Å². The quantitative estimate of drug-likeness (QED) is 0.457. The minimum atomic E-state index is -0.849. The summed E-state index contributed by atoms with van der Waals surface area (Å²) in [5.41, 5.74) is 0.477. The number of rotatable bonds is 4. The lowest BCUT2D eigenvalue weighted by Crippen LogP contribution is -2.19. The van der Waals surface area contributed by atoms with Crippen LogP contribution in [0.3, 0.4) is 0 Å². The summed E-state index contributed by atoms with van der Waals surface area (Å²) < 4.78 is 0. The zero-order valence-corrected chi connectivity index (χ0v) is 10.5. The van der Waals surface area contributed by atoms with Crippen molar-refractivity contribution in [3.05, 3.63) is 46.3 Å². The molecule has 0 saturated carbocycles. The number of halogens is 1. The van der Waals surface area contributed by atoms with Gasteiger partial charge in [-0.25, -0.2) is 6.57 Å². The molecule has 0 amide bonds. The number of carbonyl (C=O) groups excluding carboxylic acids is 1. The molecule has 0 aliphatic rings. The van der Waals surface area contributed by atoms with Crippen molar-refractivity contribution in [3.8, 4) is 0 Å². The number of hydrogen-bond donors (Lipinski definition) is 0. The van der Waals surface area contributed by atoms with Crippen molar-refractivity contribution in [2.75, 3.05) is 0 Å². The Balaban J connectivity index is 2.87. The first-order chi connectivity index (χ1) is 8.04. The molecular formula is C13H13ClN2O. The summed E-state index contributed by atoms with van der Waals surface area (Å²) in [5, 5.41) is 0.566. The van der Waals surface area contributed by atoms with Crippen LogP contribution in [-0.2, 0) is 0 Å². The molecule has 1 rings (SSSR count). The van der Waals surface area contributed by atoms with Crippen molar-refractivity contribution in [3.63, 3.8) is 0 Å². The number of hydrogen-bond acceptors (Lipinski definition) is 2. The van der Waals surface area contributed by atoms with Crippen LogP contribution in [0, 0.1) is 6.57 Å². The summed E-state index contributed by atoms with van der Waals surface area (Å²) in [6.45, 7) is 10.8. The van der Waals surface area contributed by atoms with Gasteiger partial charge in [0.1, 0.15) is 0 Å². The zero-order valence-electron chi connectivity index (χ0n) is 9.72. The van der Waals surface area contributed by atoms with Gasteiger partial charge in [0.05, 0.1) is 6.21 Å². The average Bonchev–Trinajstić information content (AvgIpc) is 2.30. The minimum absolute atomic E-state index is 0.0808. The van der Waals surface area contributed by atoms with Gasteiger partial charge in [-0.2, -0.15) is 0 Å². The van der Waals surface area contributed by atoms with Gasteiger partial charge in [-0.05, 0) is 38.1 Å². The number of Topliss-reactive ketones (excluding diaryl/α,β-unsaturated/α-hetero) is 1. The Morgan fingerprint density at radius 1 is 1.41 bits per heavy atom. The van der Waals surface area contributed by atoms with Gasteiger partial charge in [-0.3, -0.25) is 14.6 Å². The lowest BCUT2D eigenvalue weighted by Gasteiger charge is -2.01. The monoisotopic (exact) mass is 248 g/mol. The Morgan fingerprint density at radius 2 is 2.00 bits per heavy atom. The summed E-state index contributed by atoms with van der Waals surface area (Å²) in [4.78, 5) is 19.3. The highest BCUT2D eigenvalue weighted by Gasteiger charge is 2.22. The fourth-order valence-corrected chi connectivity index (χ4v) is 1.32. The first-order valence-electron chi connectivity index (χ1n) is 5.24. The molecule has 1 aromatic rings. The summed E-state index contributed by atoms with van der Waals surface area (Å²) in [6.07, 6.45) is 1.41. The van der Waals surface area contributed by atoms with Gasteiger partial charge in [-0.1, -0.05) is 11.6 Å². The number of ketones is 1. The Bertz CT molecular complexity index is 457. The third kappa shape index (κ3) is 4.01. The van der Waals surface area contributed by atoms with Crippen LogP contribution in [0.4, 0.5) is 0 Å². The van der Waals surface area contributed by atoms with Gasteiger partial charge in [0.25, 0.3) is 0 Å². The molecule has 0 aromatic heterocycles. The summed E-state index contributed by atoms with van der Waals surface area (Å²) >= 11 is 5.73. The number of aliphatic imine (C=N–C) groups is 1. The van der Waals surface area contributed by atoms with Crippen molar-refractivity contribution in [1.29, 1.82) is 0 Å². The van der Waals surface area contributed by atoms with E-state index < -0.39 is 6.04 Å². The van der Waals surface area contributed by atoms with Crippen LogP contribution in [0.25, 0.3) is 4.85 Å². The second kappa shape index (κ2) is 6.17. The molecule has 0 fully saturated rings. The molecule has 0 saturated heterocycles. The van der Waals surface area contributed by atoms with Crippen molar-refractivity contribution in [1.82, 2.24) is 0 Å². The maximum Gasteiger partial charge on any atom is 0.319 e. The topological polar surface area (TPSA) is 33.8 Å². The molecule has 0 bridgehead atoms. The van der Waals surface area contributed by atoms with Crippen molar-refractivity contribution in [2.45, 2.75) is 25.9 Å². The zero-order chi connectivity index (χ0) is 12.8. The van der Waals surface area contributed by atoms with E-state index in [0.717, 1.165) is 0 Å². The van der Waals surface area contributed by atoms with Gasteiger partial charge in [0, 0.05) is 16.6 Å². The van der Waals surface area contributed by atoms with Crippen LogP contribution in [0.5, 0.6) is 0 Å². The third-order valence-electron chi connectivity index (χ3n) is 2.06. The smallest absolute Gasteiger partial charge is 0.299 e. The lowest BCUT2D eigenvalue weighted by molar-refractivity contribution is 0.0996. The van der Waals surface area contributed by atoms with Crippen molar-refractivity contribution >= 4 is 23.6 Å². The molecule has 1 aromatic carbocycles. The second-order valence-electron chi connectivity index (χ2n) is 3.84. The fraction of sp³-hybridized carbons (Fsp3) is 0.308. The van der Waals surface area contributed by atoms with E-state index in [1.807, 2.05) is 13.8 Å². The Hall–Kier alpha value is -1.66. The van der Waals surface area contributed by atoms with E-state index in [1.165, 1.54) is 6.21 Å². The number of nitrogens with zero attached hydrogens (tertiary/aromatic N) is 2. The molecule has 0 spiro atoms. The normalized spacial score (nSPS) is 12.6. The molecular weight excluding hydrogens is 236 g/mol. The Morgan fingerprint density at radius 3 is 2.47 bits per heavy atom. The highest BCUT2D eigenvalue weighted by Crippen LogP contribution is 2.12. The first-order valence-corrected chi connectivity index (χ1v) is 5.62. The molecule has 0 N–H and O–H groups in total. The lowest BCUT2D eigenvalue weighted by atomic mass is 10.1. The predicted molar refractivity (Wildman–Crippen MR) is 69.8 cm³/mol. The van der Waals surface area contributed by atoms with Crippen LogP contribution in [0.2, 0.25) is 5.02 Å². The highest BCUT2D eigenvalue weighted by molar-refractivity contribution is 6.30. The van der Waals surface area contributed by atoms with Crippen LogP contribution >= 0.6 is 11.6 Å². The van der Waals surface area contributed by atoms with Crippen LogP contribution in [0.15, 0.2) is 29.3 Å². The summed E-state index contributed by atoms with van der Waals surface area (Å²) in [7, 11) is 0. The molecule has 0 heterocycles. The molecule has 0 aliphatic heterocycles. The molecule has 0 aliphatic carbocycles. The average molecular weight is 249 g/mol. The highest BCUT2D eigenvalue weighted by atomic mass is 35.5. The van der Waals surface area contributed by atoms with Gasteiger partial charge in [0.15, 0.2) is 0 Å². The second-order valence-corrected chi connectivity index (χ2v) is 4.27. The molecule has 1 atom stereocenters. The van der Waals surface area contributed by atoms with Crippen LogP contribution in [0.1, 0.15) is 24.2 Å². The van der Waals surface area contributed by atoms with E-state index in [1.54, 1.807) is 24.3 Å². The Kier molecular flexibility index (Phi) is 4.86. The fourth-order valence-electron chi connectivity index (χ4n) is 1.20. The van der Waals surface area contributed by atoms with Gasteiger partial charge >= 0.3 is 6.04 Å². The molecule has 1 unspecified atom stereocenters. The number of benzene rings is 1. The largest absolute Gasteiger partial charge is 0.319 e. The molecule has 4 heteroatoms. The molecule has 88 valence electrons. The van der Waals surface area contributed by atoms with Gasteiger partial charge < -0.3 is 0 Å². The van der Waals surface area contributed by atoms with E-state index in [0.29, 0.717) is 10.6 Å². The van der Waals surface area contributed by atoms with E-state index in [4.69, 9.17) is 18.2 Å². The summed E-state index contributed by atoms with van der Waals surface area (Å²) in [6, 6.07) is 5.74. The minimum Gasteiger partial charge on any atom is -0.299 e.